The molecule has 3 N–H and O–H groups in total. The van der Waals surface area contributed by atoms with Crippen LogP contribution in [0.5, 0.6) is 0 Å². The van der Waals surface area contributed by atoms with Gasteiger partial charge in [-0.25, -0.2) is 5.10 Å². The van der Waals surface area contributed by atoms with Crippen molar-refractivity contribution in [2.45, 2.75) is 0 Å². The molecule has 0 atom stereocenters. The Hall–Kier alpha value is -2.44. The van der Waals surface area contributed by atoms with Crippen LogP contribution in [-0.4, -0.2) is 20.4 Å². The lowest BCUT2D eigenvalue weighted by Gasteiger charge is -1.95. The van der Waals surface area contributed by atoms with Crippen LogP contribution in [-0.2, 0) is 0 Å². The summed E-state index contributed by atoms with van der Waals surface area (Å²) < 4.78 is 0. The van der Waals surface area contributed by atoms with Crippen molar-refractivity contribution in [1.29, 1.82) is 0 Å². The molecule has 0 bridgehead atoms. The first-order valence-electron chi connectivity index (χ1n) is 3.96. The summed E-state index contributed by atoms with van der Waals surface area (Å²) in [5.41, 5.74) is -1.23. The molecule has 2 aromatic rings. The smallest absolute Gasteiger partial charge is 0.268 e. The van der Waals surface area contributed by atoms with Gasteiger partial charge in [0.05, 0.1) is 5.56 Å². The van der Waals surface area contributed by atoms with Gasteiger partial charge in [0.1, 0.15) is 6.20 Å². The van der Waals surface area contributed by atoms with Crippen molar-refractivity contribution in [2.24, 2.45) is 0 Å². The third-order valence-corrected chi connectivity index (χ3v) is 1.73. The fraction of sp³-hybridized carbons (Fsp3) is 0. The predicted octanol–water partition coefficient (Wildman–Crippen LogP) is -1.39. The quantitative estimate of drug-likeness (QED) is 0.532. The van der Waals surface area contributed by atoms with Crippen molar-refractivity contribution >= 4 is 0 Å². The molecule has 0 fully saturated rings. The molecule has 15 heavy (non-hydrogen) atoms. The van der Waals surface area contributed by atoms with E-state index in [1.54, 1.807) is 0 Å². The van der Waals surface area contributed by atoms with Crippen molar-refractivity contribution in [3.8, 4) is 11.1 Å². The second kappa shape index (κ2) is 3.37. The molecule has 2 aromatic heterocycles. The summed E-state index contributed by atoms with van der Waals surface area (Å²) in [6.45, 7) is 0. The fourth-order valence-corrected chi connectivity index (χ4v) is 1.10. The highest BCUT2D eigenvalue weighted by molar-refractivity contribution is 5.59. The van der Waals surface area contributed by atoms with Gasteiger partial charge in [0.25, 0.3) is 16.7 Å². The Kier molecular flexibility index (Phi) is 2.05. The van der Waals surface area contributed by atoms with Crippen LogP contribution >= 0.6 is 0 Å². The molecule has 75 valence electrons. The number of rotatable bonds is 1. The minimum Gasteiger partial charge on any atom is -0.268 e. The Morgan fingerprint density at radius 3 is 2.60 bits per heavy atom. The van der Waals surface area contributed by atoms with Gasteiger partial charge in [-0.05, 0) is 0 Å². The van der Waals surface area contributed by atoms with Crippen LogP contribution in [0.2, 0.25) is 0 Å². The van der Waals surface area contributed by atoms with Gasteiger partial charge in [-0.3, -0.25) is 24.6 Å². The Morgan fingerprint density at radius 2 is 1.87 bits per heavy atom. The zero-order chi connectivity index (χ0) is 10.8. The van der Waals surface area contributed by atoms with Crippen molar-refractivity contribution in [3.05, 3.63) is 49.4 Å². The van der Waals surface area contributed by atoms with Crippen LogP contribution in [0, 0.1) is 6.20 Å². The Morgan fingerprint density at radius 1 is 1.07 bits per heavy atom. The molecule has 0 spiro atoms. The van der Waals surface area contributed by atoms with Crippen molar-refractivity contribution in [1.82, 2.24) is 20.4 Å². The van der Waals surface area contributed by atoms with Gasteiger partial charge < -0.3 is 0 Å². The van der Waals surface area contributed by atoms with Gasteiger partial charge >= 0.3 is 0 Å². The fourth-order valence-electron chi connectivity index (χ4n) is 1.10. The van der Waals surface area contributed by atoms with E-state index >= 15 is 0 Å². The van der Waals surface area contributed by atoms with E-state index in [1.807, 2.05) is 0 Å². The highest BCUT2D eigenvalue weighted by atomic mass is 16.1. The number of nitrogens with zero attached hydrogens (tertiary/aromatic N) is 1. The van der Waals surface area contributed by atoms with E-state index in [0.29, 0.717) is 0 Å². The van der Waals surface area contributed by atoms with Crippen molar-refractivity contribution in [3.63, 3.8) is 0 Å². The second-order valence-corrected chi connectivity index (χ2v) is 2.76. The number of aromatic amines is 3. The summed E-state index contributed by atoms with van der Waals surface area (Å²) >= 11 is 0. The van der Waals surface area contributed by atoms with Gasteiger partial charge in [-0.1, -0.05) is 0 Å². The van der Waals surface area contributed by atoms with Crippen molar-refractivity contribution < 1.29 is 0 Å². The Labute approximate surface area is 81.8 Å². The van der Waals surface area contributed by atoms with E-state index in [9.17, 15) is 14.4 Å². The maximum absolute atomic E-state index is 11.3. The van der Waals surface area contributed by atoms with Crippen LogP contribution < -0.4 is 16.7 Å². The first-order valence-corrected chi connectivity index (χ1v) is 3.96. The molecule has 0 aliphatic carbocycles. The topological polar surface area (TPSA) is 111 Å². The van der Waals surface area contributed by atoms with Crippen LogP contribution in [0.15, 0.2) is 26.5 Å². The summed E-state index contributed by atoms with van der Waals surface area (Å²) in [7, 11) is 0. The minimum atomic E-state index is -0.516. The molecule has 2 rings (SSSR count). The van der Waals surface area contributed by atoms with Crippen molar-refractivity contribution in [2.75, 3.05) is 0 Å². The third-order valence-electron chi connectivity index (χ3n) is 1.73. The molecule has 2 heterocycles. The molecule has 0 saturated heterocycles. The molecule has 0 aliphatic heterocycles. The molecule has 1 radical (unpaired) electrons. The van der Waals surface area contributed by atoms with Gasteiger partial charge in [-0.15, -0.1) is 0 Å². The SMILES string of the molecule is O=c1cc(-c2cc(=O)[nH][nH]c2=O)[c]n[nH]1. The van der Waals surface area contributed by atoms with E-state index in [2.05, 4.69) is 26.6 Å². The number of aromatic nitrogens is 4. The normalized spacial score (nSPS) is 10.1. The summed E-state index contributed by atoms with van der Waals surface area (Å²) in [5, 5.41) is 9.76. The molecule has 0 unspecified atom stereocenters. The summed E-state index contributed by atoms with van der Waals surface area (Å²) in [4.78, 5) is 33.2. The highest BCUT2D eigenvalue weighted by Crippen LogP contribution is 2.06. The maximum atomic E-state index is 11.3. The molecule has 0 aliphatic rings. The minimum absolute atomic E-state index is 0.0531. The van der Waals surface area contributed by atoms with E-state index in [1.165, 1.54) is 0 Å². The van der Waals surface area contributed by atoms with Gasteiger partial charge in [-0.2, -0.15) is 5.10 Å². The number of H-pyrrole nitrogens is 3. The first-order chi connectivity index (χ1) is 7.16. The zero-order valence-electron chi connectivity index (χ0n) is 7.33. The van der Waals surface area contributed by atoms with E-state index in [4.69, 9.17) is 0 Å². The van der Waals surface area contributed by atoms with Crippen LogP contribution in [0.3, 0.4) is 0 Å². The Bertz CT molecular complexity index is 651. The lowest BCUT2D eigenvalue weighted by Crippen LogP contribution is -2.20. The highest BCUT2D eigenvalue weighted by Gasteiger charge is 2.05. The number of hydrogen-bond donors (Lipinski definition) is 3. The molecule has 0 aromatic carbocycles. The molecule has 0 saturated carbocycles. The largest absolute Gasteiger partial charge is 0.270 e. The second-order valence-electron chi connectivity index (χ2n) is 2.76. The summed E-state index contributed by atoms with van der Waals surface area (Å²) in [6, 6.07) is 2.21. The monoisotopic (exact) mass is 205 g/mol. The van der Waals surface area contributed by atoms with Crippen LogP contribution in [0.1, 0.15) is 0 Å². The standard InChI is InChI=1S/C8H5N4O3/c13-6-1-4(3-9-10-6)5-2-7(14)11-12-8(5)15/h1-2H,(H,10,13)(H,11,14)(H,12,15). The van der Waals surface area contributed by atoms with Crippen LogP contribution in [0.4, 0.5) is 0 Å². The average molecular weight is 205 g/mol. The molecule has 0 amide bonds. The molecular weight excluding hydrogens is 200 g/mol. The molecular formula is C8H5N4O3. The molecule has 7 nitrogen and oxygen atoms in total. The van der Waals surface area contributed by atoms with E-state index < -0.39 is 16.7 Å². The zero-order valence-corrected chi connectivity index (χ0v) is 7.33. The predicted molar refractivity (Wildman–Crippen MR) is 50.4 cm³/mol. The lowest BCUT2D eigenvalue weighted by molar-refractivity contribution is 0.947. The van der Waals surface area contributed by atoms with Crippen LogP contribution in [0.25, 0.3) is 11.1 Å². The molecule has 7 heteroatoms. The first kappa shape index (κ1) is 9.13. The maximum Gasteiger partial charge on any atom is 0.270 e. The van der Waals surface area contributed by atoms with E-state index in [0.717, 1.165) is 12.1 Å². The number of hydrogen-bond acceptors (Lipinski definition) is 4. The lowest BCUT2D eigenvalue weighted by atomic mass is 10.1. The van der Waals surface area contributed by atoms with Gasteiger partial charge in [0, 0.05) is 17.7 Å². The van der Waals surface area contributed by atoms with E-state index in [-0.39, 0.29) is 11.1 Å². The van der Waals surface area contributed by atoms with Gasteiger partial charge in [0.2, 0.25) is 0 Å². The number of nitrogens with one attached hydrogen (secondary N) is 3. The third kappa shape index (κ3) is 1.75. The summed E-state index contributed by atoms with van der Waals surface area (Å²) in [5.74, 6) is 0. The van der Waals surface area contributed by atoms with Gasteiger partial charge in [0.15, 0.2) is 0 Å². The summed E-state index contributed by atoms with van der Waals surface area (Å²) in [6.07, 6.45) is 2.42. The average Bonchev–Trinajstić information content (AvgIpc) is 2.22. The Balaban J connectivity index is 2.74.